The van der Waals surface area contributed by atoms with E-state index in [0.717, 1.165) is 39.0 Å². The number of para-hydroxylation sites is 2. The molecule has 48 heavy (non-hydrogen) atoms. The molecule has 0 unspecified atom stereocenters. The van der Waals surface area contributed by atoms with Gasteiger partial charge in [-0.15, -0.1) is 0 Å². The normalized spacial score (nSPS) is 11.8. The van der Waals surface area contributed by atoms with Crippen LogP contribution in [0.25, 0.3) is 76.2 Å². The quantitative estimate of drug-likeness (QED) is 0.184. The van der Waals surface area contributed by atoms with Crippen molar-refractivity contribution >= 4 is 82.1 Å². The predicted octanol–water partition coefficient (Wildman–Crippen LogP) is 13.3. The SMILES string of the molecule is c1ccc(-c2ccc3cc(N(c4ccccc4)c4ccc5ccc6cc7oc8ccccc8c7cc6c5c4)c4ccccc4c3c2)cc1. The first-order chi connectivity index (χ1) is 23.8. The molecule has 0 bridgehead atoms. The summed E-state index contributed by atoms with van der Waals surface area (Å²) >= 11 is 0. The highest BCUT2D eigenvalue weighted by molar-refractivity contribution is 6.18. The molecule has 0 spiro atoms. The van der Waals surface area contributed by atoms with Crippen molar-refractivity contribution < 1.29 is 4.42 Å². The van der Waals surface area contributed by atoms with Crippen molar-refractivity contribution in [2.45, 2.75) is 0 Å². The van der Waals surface area contributed by atoms with Gasteiger partial charge in [-0.05, 0) is 103 Å². The van der Waals surface area contributed by atoms with Gasteiger partial charge in [-0.2, -0.15) is 0 Å². The zero-order chi connectivity index (χ0) is 31.6. The van der Waals surface area contributed by atoms with Crippen LogP contribution in [0.1, 0.15) is 0 Å². The summed E-state index contributed by atoms with van der Waals surface area (Å²) in [4.78, 5) is 2.41. The molecule has 0 N–H and O–H groups in total. The summed E-state index contributed by atoms with van der Waals surface area (Å²) in [5.41, 5.74) is 7.67. The van der Waals surface area contributed by atoms with Gasteiger partial charge in [0.25, 0.3) is 0 Å². The predicted molar refractivity (Wildman–Crippen MR) is 204 cm³/mol. The van der Waals surface area contributed by atoms with Crippen LogP contribution in [0.5, 0.6) is 0 Å². The van der Waals surface area contributed by atoms with E-state index in [-0.39, 0.29) is 0 Å². The topological polar surface area (TPSA) is 16.4 Å². The summed E-state index contributed by atoms with van der Waals surface area (Å²) in [5, 5.41) is 12.0. The molecule has 0 aliphatic rings. The van der Waals surface area contributed by atoms with E-state index >= 15 is 0 Å². The molecule has 2 heteroatoms. The molecule has 0 saturated heterocycles. The lowest BCUT2D eigenvalue weighted by atomic mass is 9.95. The number of nitrogens with zero attached hydrogens (tertiary/aromatic N) is 1. The van der Waals surface area contributed by atoms with Crippen LogP contribution in [0.3, 0.4) is 0 Å². The molecule has 2 nitrogen and oxygen atoms in total. The van der Waals surface area contributed by atoms with Gasteiger partial charge in [-0.25, -0.2) is 0 Å². The highest BCUT2D eigenvalue weighted by Crippen LogP contribution is 2.44. The molecule has 0 aliphatic carbocycles. The summed E-state index contributed by atoms with van der Waals surface area (Å²) in [6, 6.07) is 63.5. The van der Waals surface area contributed by atoms with Crippen LogP contribution in [0.4, 0.5) is 17.1 Å². The van der Waals surface area contributed by atoms with Gasteiger partial charge >= 0.3 is 0 Å². The molecule has 0 saturated carbocycles. The molecule has 0 amide bonds. The first-order valence-corrected chi connectivity index (χ1v) is 16.4. The zero-order valence-corrected chi connectivity index (χ0v) is 26.1. The first kappa shape index (κ1) is 26.8. The Morgan fingerprint density at radius 1 is 0.312 bits per heavy atom. The van der Waals surface area contributed by atoms with Gasteiger partial charge in [-0.3, -0.25) is 0 Å². The molecular weight excluding hydrogens is 583 g/mol. The standard InChI is InChI=1S/C46H29NO/c1-3-11-30(12-4-1)32-20-22-33-26-44(38-16-8-7-15-37(38)40(33)25-32)47(35-13-5-2-6-14-35)36-24-23-31-19-21-34-27-46-43(29-42(34)41(31)28-36)39-17-9-10-18-45(39)48-46/h1-29H. The van der Waals surface area contributed by atoms with E-state index < -0.39 is 0 Å². The fourth-order valence-corrected chi connectivity index (χ4v) is 7.48. The lowest BCUT2D eigenvalue weighted by molar-refractivity contribution is 0.669. The van der Waals surface area contributed by atoms with Gasteiger partial charge in [0.2, 0.25) is 0 Å². The minimum absolute atomic E-state index is 0.919. The van der Waals surface area contributed by atoms with Crippen LogP contribution in [0, 0.1) is 0 Å². The summed E-state index contributed by atoms with van der Waals surface area (Å²) in [7, 11) is 0. The second-order valence-corrected chi connectivity index (χ2v) is 12.6. The summed E-state index contributed by atoms with van der Waals surface area (Å²) in [5.74, 6) is 0. The van der Waals surface area contributed by atoms with E-state index in [1.165, 1.54) is 54.2 Å². The number of fused-ring (bicyclic) bond motifs is 9. The molecular formula is C46H29NO. The van der Waals surface area contributed by atoms with E-state index in [1.54, 1.807) is 0 Å². The first-order valence-electron chi connectivity index (χ1n) is 16.4. The summed E-state index contributed by atoms with van der Waals surface area (Å²) < 4.78 is 6.25. The van der Waals surface area contributed by atoms with Crippen molar-refractivity contribution in [3.05, 3.63) is 176 Å². The number of furan rings is 1. The largest absolute Gasteiger partial charge is 0.456 e. The summed E-state index contributed by atoms with van der Waals surface area (Å²) in [6.07, 6.45) is 0. The molecule has 0 atom stereocenters. The molecule has 0 fully saturated rings. The van der Waals surface area contributed by atoms with Gasteiger partial charge in [-0.1, -0.05) is 121 Å². The Kier molecular flexibility index (Phi) is 5.91. The van der Waals surface area contributed by atoms with Gasteiger partial charge in [0.1, 0.15) is 11.2 Å². The van der Waals surface area contributed by atoms with Gasteiger partial charge < -0.3 is 9.32 Å². The van der Waals surface area contributed by atoms with E-state index in [2.05, 4.69) is 169 Å². The Hall–Kier alpha value is -6.38. The van der Waals surface area contributed by atoms with Gasteiger partial charge in [0, 0.05) is 27.5 Å². The Labute approximate surface area is 277 Å². The Balaban J connectivity index is 1.23. The van der Waals surface area contributed by atoms with Crippen molar-refractivity contribution in [3.63, 3.8) is 0 Å². The van der Waals surface area contributed by atoms with E-state index in [4.69, 9.17) is 4.42 Å². The van der Waals surface area contributed by atoms with Crippen molar-refractivity contribution in [2.75, 3.05) is 4.90 Å². The van der Waals surface area contributed by atoms with E-state index in [9.17, 15) is 0 Å². The van der Waals surface area contributed by atoms with Gasteiger partial charge in [0.05, 0.1) is 5.69 Å². The highest BCUT2D eigenvalue weighted by Gasteiger charge is 2.19. The van der Waals surface area contributed by atoms with Gasteiger partial charge in [0.15, 0.2) is 0 Å². The molecule has 0 aliphatic heterocycles. The molecule has 1 aromatic heterocycles. The van der Waals surface area contributed by atoms with Crippen LogP contribution in [0.2, 0.25) is 0 Å². The fourth-order valence-electron chi connectivity index (χ4n) is 7.48. The Bertz CT molecular complexity index is 2830. The lowest BCUT2D eigenvalue weighted by Gasteiger charge is -2.28. The molecule has 0 radical (unpaired) electrons. The minimum Gasteiger partial charge on any atom is -0.456 e. The number of hydrogen-bond acceptors (Lipinski definition) is 2. The van der Waals surface area contributed by atoms with E-state index in [0.29, 0.717) is 0 Å². The third kappa shape index (κ3) is 4.20. The third-order valence-electron chi connectivity index (χ3n) is 9.78. The molecule has 224 valence electrons. The fraction of sp³-hybridized carbons (Fsp3) is 0. The number of hydrogen-bond donors (Lipinski definition) is 0. The molecule has 1 heterocycles. The van der Waals surface area contributed by atoms with Crippen LogP contribution in [-0.4, -0.2) is 0 Å². The number of benzene rings is 9. The smallest absolute Gasteiger partial charge is 0.136 e. The van der Waals surface area contributed by atoms with Crippen LogP contribution in [0.15, 0.2) is 180 Å². The molecule has 10 rings (SSSR count). The monoisotopic (exact) mass is 611 g/mol. The number of rotatable bonds is 4. The average Bonchev–Trinajstić information content (AvgIpc) is 3.52. The van der Waals surface area contributed by atoms with Crippen LogP contribution < -0.4 is 4.90 Å². The van der Waals surface area contributed by atoms with Crippen molar-refractivity contribution in [2.24, 2.45) is 0 Å². The Morgan fingerprint density at radius 3 is 1.79 bits per heavy atom. The maximum Gasteiger partial charge on any atom is 0.136 e. The molecule has 10 aromatic rings. The second kappa shape index (κ2) is 10.6. The minimum atomic E-state index is 0.919. The van der Waals surface area contributed by atoms with E-state index in [1.807, 2.05) is 12.1 Å². The maximum absolute atomic E-state index is 6.25. The zero-order valence-electron chi connectivity index (χ0n) is 26.1. The second-order valence-electron chi connectivity index (χ2n) is 12.6. The number of anilines is 3. The maximum atomic E-state index is 6.25. The Morgan fingerprint density at radius 2 is 0.938 bits per heavy atom. The van der Waals surface area contributed by atoms with Crippen molar-refractivity contribution in [1.29, 1.82) is 0 Å². The lowest BCUT2D eigenvalue weighted by Crippen LogP contribution is -2.10. The molecule has 9 aromatic carbocycles. The van der Waals surface area contributed by atoms with Crippen molar-refractivity contribution in [1.82, 2.24) is 0 Å². The highest BCUT2D eigenvalue weighted by atomic mass is 16.3. The third-order valence-corrected chi connectivity index (χ3v) is 9.78. The van der Waals surface area contributed by atoms with Crippen molar-refractivity contribution in [3.8, 4) is 11.1 Å². The van der Waals surface area contributed by atoms with Crippen LogP contribution in [-0.2, 0) is 0 Å². The van der Waals surface area contributed by atoms with Crippen LogP contribution >= 0.6 is 0 Å². The summed E-state index contributed by atoms with van der Waals surface area (Å²) in [6.45, 7) is 0. The average molecular weight is 612 g/mol.